The minimum atomic E-state index is 0.347. The highest BCUT2D eigenvalue weighted by Crippen LogP contribution is 2.11. The lowest BCUT2D eigenvalue weighted by Crippen LogP contribution is -2.40. The Bertz CT molecular complexity index is 108. The van der Waals surface area contributed by atoms with E-state index in [1.165, 1.54) is 6.42 Å². The molecule has 0 aromatic heterocycles. The van der Waals surface area contributed by atoms with Gasteiger partial charge in [0.1, 0.15) is 0 Å². The van der Waals surface area contributed by atoms with Crippen LogP contribution in [0.4, 0.5) is 0 Å². The minimum Gasteiger partial charge on any atom is -0.326 e. The van der Waals surface area contributed by atoms with Crippen LogP contribution in [0.2, 0.25) is 0 Å². The summed E-state index contributed by atoms with van der Waals surface area (Å²) < 4.78 is 0. The van der Waals surface area contributed by atoms with Crippen molar-refractivity contribution in [3.8, 4) is 0 Å². The Kier molecular flexibility index (Phi) is 3.30. The third kappa shape index (κ3) is 2.77. The molecule has 11 heavy (non-hydrogen) atoms. The van der Waals surface area contributed by atoms with E-state index in [0.717, 1.165) is 19.6 Å². The van der Waals surface area contributed by atoms with Gasteiger partial charge in [-0.15, -0.1) is 0 Å². The maximum Gasteiger partial charge on any atom is 0.0208 e. The first-order valence-corrected chi connectivity index (χ1v) is 4.31. The highest BCUT2D eigenvalue weighted by Gasteiger charge is 2.21. The molecule has 66 valence electrons. The van der Waals surface area contributed by atoms with Crippen LogP contribution in [-0.4, -0.2) is 44.7 Å². The average molecular weight is 157 g/mol. The molecule has 2 unspecified atom stereocenters. The molecule has 3 N–H and O–H groups in total. The summed E-state index contributed by atoms with van der Waals surface area (Å²) in [6.07, 6.45) is 1.25. The van der Waals surface area contributed by atoms with Gasteiger partial charge in [-0.05, 0) is 39.5 Å². The van der Waals surface area contributed by atoms with Crippen LogP contribution in [0.5, 0.6) is 0 Å². The number of nitrogens with one attached hydrogen (secondary N) is 1. The molecular weight excluding hydrogens is 138 g/mol. The van der Waals surface area contributed by atoms with Crippen LogP contribution in [0.15, 0.2) is 0 Å². The summed E-state index contributed by atoms with van der Waals surface area (Å²) in [6, 6.07) is 0.347. The smallest absolute Gasteiger partial charge is 0.0208 e. The van der Waals surface area contributed by atoms with Crippen LogP contribution in [0, 0.1) is 5.92 Å². The van der Waals surface area contributed by atoms with Gasteiger partial charge in [0.05, 0.1) is 0 Å². The fourth-order valence-electron chi connectivity index (χ4n) is 1.61. The molecular formula is C8H19N3. The predicted molar refractivity (Wildman–Crippen MR) is 47.5 cm³/mol. The lowest BCUT2D eigenvalue weighted by atomic mass is 10.00. The van der Waals surface area contributed by atoms with Crippen molar-refractivity contribution in [2.75, 3.05) is 33.7 Å². The summed E-state index contributed by atoms with van der Waals surface area (Å²) >= 11 is 0. The summed E-state index contributed by atoms with van der Waals surface area (Å²) in [5.74, 6) is 0.692. The van der Waals surface area contributed by atoms with Crippen molar-refractivity contribution >= 4 is 0 Å². The van der Waals surface area contributed by atoms with E-state index >= 15 is 0 Å². The van der Waals surface area contributed by atoms with E-state index in [1.807, 2.05) is 0 Å². The number of hydrogen-bond acceptors (Lipinski definition) is 3. The predicted octanol–water partition coefficient (Wildman–Crippen LogP) is -0.515. The molecule has 1 rings (SSSR count). The largest absolute Gasteiger partial charge is 0.326 e. The van der Waals surface area contributed by atoms with Crippen LogP contribution in [0.25, 0.3) is 0 Å². The minimum absolute atomic E-state index is 0.347. The van der Waals surface area contributed by atoms with Crippen molar-refractivity contribution in [1.29, 1.82) is 0 Å². The second-order valence-corrected chi connectivity index (χ2v) is 3.68. The topological polar surface area (TPSA) is 41.3 Å². The first-order chi connectivity index (χ1) is 5.20. The average Bonchev–Trinajstić information content (AvgIpc) is 2.35. The first kappa shape index (κ1) is 8.97. The Morgan fingerprint density at radius 1 is 1.64 bits per heavy atom. The molecule has 0 aliphatic carbocycles. The number of likely N-dealkylation sites (N-methyl/N-ethyl adjacent to an activating group) is 1. The molecule has 0 aromatic rings. The molecule has 0 saturated carbocycles. The van der Waals surface area contributed by atoms with Crippen molar-refractivity contribution < 1.29 is 0 Å². The molecule has 3 nitrogen and oxygen atoms in total. The van der Waals surface area contributed by atoms with E-state index in [9.17, 15) is 0 Å². The Morgan fingerprint density at radius 2 is 2.36 bits per heavy atom. The second kappa shape index (κ2) is 4.04. The van der Waals surface area contributed by atoms with Crippen molar-refractivity contribution in [2.45, 2.75) is 12.5 Å². The van der Waals surface area contributed by atoms with Crippen LogP contribution in [0.1, 0.15) is 6.42 Å². The van der Waals surface area contributed by atoms with E-state index < -0.39 is 0 Å². The zero-order valence-corrected chi connectivity index (χ0v) is 7.51. The molecule has 2 atom stereocenters. The summed E-state index contributed by atoms with van der Waals surface area (Å²) in [4.78, 5) is 2.16. The molecule has 0 aromatic carbocycles. The van der Waals surface area contributed by atoms with E-state index in [1.54, 1.807) is 0 Å². The Morgan fingerprint density at radius 3 is 2.82 bits per heavy atom. The lowest BCUT2D eigenvalue weighted by Gasteiger charge is -2.21. The van der Waals surface area contributed by atoms with Gasteiger partial charge in [-0.25, -0.2) is 0 Å². The van der Waals surface area contributed by atoms with Gasteiger partial charge >= 0.3 is 0 Å². The zero-order valence-electron chi connectivity index (χ0n) is 7.51. The molecule has 3 heteroatoms. The molecule has 1 heterocycles. The fourth-order valence-corrected chi connectivity index (χ4v) is 1.61. The Hall–Kier alpha value is -0.120. The third-order valence-electron chi connectivity index (χ3n) is 2.28. The Labute approximate surface area is 68.9 Å². The monoisotopic (exact) mass is 157 g/mol. The summed E-state index contributed by atoms with van der Waals surface area (Å²) in [5, 5.41) is 3.33. The zero-order chi connectivity index (χ0) is 8.27. The van der Waals surface area contributed by atoms with Gasteiger partial charge in [-0.1, -0.05) is 0 Å². The lowest BCUT2D eigenvalue weighted by molar-refractivity contribution is 0.319. The number of nitrogens with two attached hydrogens (primary N) is 1. The summed E-state index contributed by atoms with van der Waals surface area (Å²) in [6.45, 7) is 3.26. The maximum absolute atomic E-state index is 6.00. The van der Waals surface area contributed by atoms with E-state index in [4.69, 9.17) is 5.73 Å². The van der Waals surface area contributed by atoms with Crippen molar-refractivity contribution in [1.82, 2.24) is 10.2 Å². The molecule has 0 bridgehead atoms. The van der Waals surface area contributed by atoms with Crippen molar-refractivity contribution in [3.05, 3.63) is 0 Å². The van der Waals surface area contributed by atoms with E-state index in [2.05, 4.69) is 24.3 Å². The quantitative estimate of drug-likeness (QED) is 0.579. The molecule has 0 spiro atoms. The van der Waals surface area contributed by atoms with Gasteiger partial charge in [0, 0.05) is 12.6 Å². The van der Waals surface area contributed by atoms with Gasteiger partial charge in [-0.2, -0.15) is 0 Å². The highest BCUT2D eigenvalue weighted by atomic mass is 15.1. The van der Waals surface area contributed by atoms with Crippen LogP contribution in [-0.2, 0) is 0 Å². The Balaban J connectivity index is 2.22. The van der Waals surface area contributed by atoms with Crippen molar-refractivity contribution in [3.63, 3.8) is 0 Å². The van der Waals surface area contributed by atoms with Crippen LogP contribution < -0.4 is 11.1 Å². The summed E-state index contributed by atoms with van der Waals surface area (Å²) in [7, 11) is 4.14. The van der Waals surface area contributed by atoms with Crippen LogP contribution >= 0.6 is 0 Å². The van der Waals surface area contributed by atoms with Gasteiger partial charge < -0.3 is 16.0 Å². The molecule has 1 aliphatic rings. The second-order valence-electron chi connectivity index (χ2n) is 3.68. The molecule has 1 saturated heterocycles. The van der Waals surface area contributed by atoms with Gasteiger partial charge in [0.2, 0.25) is 0 Å². The standard InChI is InChI=1S/C8H19N3/c1-11(2)6-8(9)7-3-4-10-5-7/h7-8,10H,3-6,9H2,1-2H3. The number of rotatable bonds is 3. The normalized spacial score (nSPS) is 27.8. The van der Waals surface area contributed by atoms with E-state index in [-0.39, 0.29) is 0 Å². The van der Waals surface area contributed by atoms with Crippen molar-refractivity contribution in [2.24, 2.45) is 11.7 Å². The maximum atomic E-state index is 6.00. The third-order valence-corrected chi connectivity index (χ3v) is 2.28. The van der Waals surface area contributed by atoms with Gasteiger partial charge in [-0.3, -0.25) is 0 Å². The SMILES string of the molecule is CN(C)CC(N)C1CCNC1. The van der Waals surface area contributed by atoms with Gasteiger partial charge in [0.15, 0.2) is 0 Å². The number of hydrogen-bond donors (Lipinski definition) is 2. The highest BCUT2D eigenvalue weighted by molar-refractivity contribution is 4.81. The van der Waals surface area contributed by atoms with E-state index in [0.29, 0.717) is 12.0 Å². The van der Waals surface area contributed by atoms with Gasteiger partial charge in [0.25, 0.3) is 0 Å². The first-order valence-electron chi connectivity index (χ1n) is 4.31. The molecule has 1 fully saturated rings. The summed E-state index contributed by atoms with van der Waals surface area (Å²) in [5.41, 5.74) is 6.00. The number of nitrogens with zero attached hydrogens (tertiary/aromatic N) is 1. The fraction of sp³-hybridized carbons (Fsp3) is 1.00. The molecule has 1 aliphatic heterocycles. The molecule has 0 radical (unpaired) electrons. The van der Waals surface area contributed by atoms with Crippen LogP contribution in [0.3, 0.4) is 0 Å². The molecule has 0 amide bonds.